The molecule has 0 saturated carbocycles. The number of carbonyl (C=O) groups excluding carboxylic acids is 2. The van der Waals surface area contributed by atoms with Crippen molar-refractivity contribution in [2.24, 2.45) is 5.41 Å². The van der Waals surface area contributed by atoms with Crippen LogP contribution in [0.15, 0.2) is 36.4 Å². The highest BCUT2D eigenvalue weighted by Crippen LogP contribution is 2.41. The molecule has 2 atom stereocenters. The third kappa shape index (κ3) is 9.72. The fourth-order valence-corrected chi connectivity index (χ4v) is 4.44. The van der Waals surface area contributed by atoms with Crippen LogP contribution in [-0.2, 0) is 11.0 Å². The van der Waals surface area contributed by atoms with Gasteiger partial charge in [-0.15, -0.1) is 0 Å². The van der Waals surface area contributed by atoms with Crippen LogP contribution in [-0.4, -0.2) is 23.9 Å². The molecule has 0 aliphatic carbocycles. The number of allylic oxidation sites excluding steroid dienone is 1. The molecule has 1 N–H and O–H groups in total. The first-order chi connectivity index (χ1) is 17.7. The molecular formula is C27H26Cl3F6NO2. The minimum atomic E-state index is -4.98. The van der Waals surface area contributed by atoms with Crippen LogP contribution in [0.25, 0.3) is 6.08 Å². The van der Waals surface area contributed by atoms with E-state index in [1.807, 2.05) is 20.8 Å². The summed E-state index contributed by atoms with van der Waals surface area (Å²) in [5.74, 6) is -3.48. The summed E-state index contributed by atoms with van der Waals surface area (Å²) in [6.07, 6.45) is -8.13. The topological polar surface area (TPSA) is 46.2 Å². The second kappa shape index (κ2) is 12.5. The van der Waals surface area contributed by atoms with Gasteiger partial charge in [0.15, 0.2) is 0 Å². The average molecular weight is 617 g/mol. The SMILES string of the molecule is C[C@H](CC(=O)CC(C)(C)C)NC(=O)c1ccc(/C=C/C(c2cc(Cl)c(Cl)c(Cl)c2)C(F)(F)F)cc1C(F)(F)F. The summed E-state index contributed by atoms with van der Waals surface area (Å²) in [7, 11) is 0. The van der Waals surface area contributed by atoms with Crippen molar-refractivity contribution in [1.82, 2.24) is 5.32 Å². The lowest BCUT2D eigenvalue weighted by atomic mass is 9.88. The van der Waals surface area contributed by atoms with Gasteiger partial charge in [-0.3, -0.25) is 9.59 Å². The fraction of sp³-hybridized carbons (Fsp3) is 0.407. The predicted molar refractivity (Wildman–Crippen MR) is 141 cm³/mol. The normalized spacial score (nSPS) is 14.4. The summed E-state index contributed by atoms with van der Waals surface area (Å²) in [6, 6.07) is 3.75. The molecule has 0 saturated heterocycles. The van der Waals surface area contributed by atoms with Crippen molar-refractivity contribution in [3.63, 3.8) is 0 Å². The maximum atomic E-state index is 13.8. The van der Waals surface area contributed by atoms with Crippen molar-refractivity contribution in [3.05, 3.63) is 73.7 Å². The summed E-state index contributed by atoms with van der Waals surface area (Å²) in [5, 5.41) is 1.82. The molecule has 214 valence electrons. The van der Waals surface area contributed by atoms with E-state index in [-0.39, 0.29) is 50.2 Å². The Morgan fingerprint density at radius 1 is 0.949 bits per heavy atom. The molecule has 2 aromatic carbocycles. The molecule has 0 aliphatic heterocycles. The minimum absolute atomic E-state index is 0.0667. The molecule has 0 fully saturated rings. The van der Waals surface area contributed by atoms with Crippen LogP contribution in [0.3, 0.4) is 0 Å². The van der Waals surface area contributed by atoms with Crippen LogP contribution in [0.2, 0.25) is 15.1 Å². The predicted octanol–water partition coefficient (Wildman–Crippen LogP) is 9.54. The Bertz CT molecular complexity index is 1230. The Morgan fingerprint density at radius 3 is 2.00 bits per heavy atom. The quantitative estimate of drug-likeness (QED) is 0.237. The van der Waals surface area contributed by atoms with E-state index in [1.165, 1.54) is 6.92 Å². The van der Waals surface area contributed by atoms with Gasteiger partial charge in [0.2, 0.25) is 0 Å². The lowest BCUT2D eigenvalue weighted by Gasteiger charge is -2.20. The molecule has 0 aliphatic rings. The van der Waals surface area contributed by atoms with E-state index in [4.69, 9.17) is 34.8 Å². The van der Waals surface area contributed by atoms with Crippen LogP contribution in [0.1, 0.15) is 73.5 Å². The second-order valence-corrected chi connectivity index (χ2v) is 11.5. The van der Waals surface area contributed by atoms with Crippen molar-refractivity contribution >= 4 is 52.6 Å². The smallest absolute Gasteiger partial charge is 0.349 e. The number of amides is 1. The van der Waals surface area contributed by atoms with Gasteiger partial charge in [0, 0.05) is 18.9 Å². The number of halogens is 9. The van der Waals surface area contributed by atoms with E-state index < -0.39 is 41.3 Å². The first kappa shape index (κ1) is 33.0. The molecule has 39 heavy (non-hydrogen) atoms. The van der Waals surface area contributed by atoms with Crippen LogP contribution in [0.4, 0.5) is 26.3 Å². The highest BCUT2D eigenvalue weighted by atomic mass is 35.5. The third-order valence-electron chi connectivity index (χ3n) is 5.43. The van der Waals surface area contributed by atoms with Crippen molar-refractivity contribution in [1.29, 1.82) is 0 Å². The maximum Gasteiger partial charge on any atom is 0.417 e. The highest BCUT2D eigenvalue weighted by molar-refractivity contribution is 6.48. The van der Waals surface area contributed by atoms with Crippen molar-refractivity contribution < 1.29 is 35.9 Å². The summed E-state index contributed by atoms with van der Waals surface area (Å²) in [5.41, 5.74) is -2.94. The van der Waals surface area contributed by atoms with Gasteiger partial charge in [-0.2, -0.15) is 26.3 Å². The monoisotopic (exact) mass is 615 g/mol. The van der Waals surface area contributed by atoms with E-state index >= 15 is 0 Å². The highest BCUT2D eigenvalue weighted by Gasteiger charge is 2.40. The number of ketones is 1. The molecular weight excluding hydrogens is 591 g/mol. The Hall–Kier alpha value is -2.23. The molecule has 2 aromatic rings. The van der Waals surface area contributed by atoms with Gasteiger partial charge in [-0.05, 0) is 47.7 Å². The minimum Gasteiger partial charge on any atom is -0.349 e. The number of nitrogens with one attached hydrogen (secondary N) is 1. The van der Waals surface area contributed by atoms with Crippen LogP contribution >= 0.6 is 34.8 Å². The van der Waals surface area contributed by atoms with Gasteiger partial charge in [-0.1, -0.05) is 73.8 Å². The van der Waals surface area contributed by atoms with Crippen molar-refractivity contribution in [2.45, 2.75) is 64.8 Å². The molecule has 0 spiro atoms. The van der Waals surface area contributed by atoms with E-state index in [1.54, 1.807) is 0 Å². The summed E-state index contributed by atoms with van der Waals surface area (Å²) < 4.78 is 82.8. The van der Waals surface area contributed by atoms with Gasteiger partial charge >= 0.3 is 12.4 Å². The van der Waals surface area contributed by atoms with Gasteiger partial charge in [0.05, 0.1) is 32.1 Å². The van der Waals surface area contributed by atoms with Crippen molar-refractivity contribution in [2.75, 3.05) is 0 Å². The first-order valence-electron chi connectivity index (χ1n) is 11.6. The molecule has 0 radical (unpaired) electrons. The number of hydrogen-bond acceptors (Lipinski definition) is 2. The summed E-state index contributed by atoms with van der Waals surface area (Å²) >= 11 is 17.5. The van der Waals surface area contributed by atoms with Crippen LogP contribution in [0.5, 0.6) is 0 Å². The molecule has 0 bridgehead atoms. The van der Waals surface area contributed by atoms with Gasteiger partial charge < -0.3 is 5.32 Å². The Balaban J connectivity index is 2.36. The summed E-state index contributed by atoms with van der Waals surface area (Å²) in [4.78, 5) is 24.8. The van der Waals surface area contributed by atoms with E-state index in [0.717, 1.165) is 30.3 Å². The molecule has 2 rings (SSSR count). The number of benzene rings is 2. The molecule has 0 aromatic heterocycles. The van der Waals surface area contributed by atoms with Crippen molar-refractivity contribution in [3.8, 4) is 0 Å². The van der Waals surface area contributed by atoms with Gasteiger partial charge in [0.25, 0.3) is 5.91 Å². The van der Waals surface area contributed by atoms with E-state index in [2.05, 4.69) is 5.32 Å². The lowest BCUT2D eigenvalue weighted by Crippen LogP contribution is -2.35. The Kier molecular flexibility index (Phi) is 10.6. The lowest BCUT2D eigenvalue weighted by molar-refractivity contribution is -0.139. The van der Waals surface area contributed by atoms with E-state index in [0.29, 0.717) is 12.1 Å². The molecule has 1 amide bonds. The molecule has 3 nitrogen and oxygen atoms in total. The largest absolute Gasteiger partial charge is 0.417 e. The second-order valence-electron chi connectivity index (χ2n) is 10.3. The van der Waals surface area contributed by atoms with Gasteiger partial charge in [0.1, 0.15) is 5.78 Å². The molecule has 1 unspecified atom stereocenters. The zero-order valence-electron chi connectivity index (χ0n) is 21.3. The third-order valence-corrected chi connectivity index (χ3v) is 6.63. The van der Waals surface area contributed by atoms with E-state index in [9.17, 15) is 35.9 Å². The average Bonchev–Trinajstić information content (AvgIpc) is 2.74. The number of carbonyl (C=O) groups is 2. The zero-order chi connectivity index (χ0) is 29.9. The number of rotatable bonds is 8. The number of alkyl halides is 6. The van der Waals surface area contributed by atoms with Crippen LogP contribution < -0.4 is 5.32 Å². The number of hydrogen-bond donors (Lipinski definition) is 1. The van der Waals surface area contributed by atoms with Gasteiger partial charge in [-0.25, -0.2) is 0 Å². The maximum absolute atomic E-state index is 13.8. The Morgan fingerprint density at radius 2 is 1.51 bits per heavy atom. The zero-order valence-corrected chi connectivity index (χ0v) is 23.6. The van der Waals surface area contributed by atoms with Crippen LogP contribution in [0, 0.1) is 5.41 Å². The first-order valence-corrected chi connectivity index (χ1v) is 12.8. The fourth-order valence-electron chi connectivity index (χ4n) is 3.83. The number of Topliss-reactive ketones (excluding diaryl/α,β-unsaturated/α-hetero) is 1. The molecule has 0 heterocycles. The standard InChI is InChI=1S/C27H26Cl3F6NO2/c1-14(9-17(38)13-25(2,3)4)37-24(39)18-7-5-15(10-20(18)27(34,35)36)6-8-19(26(31,32)33)16-11-21(28)23(30)22(29)12-16/h5-8,10-12,14,19H,9,13H2,1-4H3,(H,37,39)/b8-6+/t14-,19?/m1/s1. The Labute approximate surface area is 237 Å². The molecule has 12 heteroatoms. The summed E-state index contributed by atoms with van der Waals surface area (Å²) in [6.45, 7) is 7.07.